The van der Waals surface area contributed by atoms with Gasteiger partial charge < -0.3 is 9.80 Å². The van der Waals surface area contributed by atoms with Crippen molar-refractivity contribution in [2.75, 3.05) is 31.1 Å². The molecule has 5 nitrogen and oxygen atoms in total. The van der Waals surface area contributed by atoms with Crippen molar-refractivity contribution in [1.82, 2.24) is 14.7 Å². The molecule has 28 heavy (non-hydrogen) atoms. The number of halogens is 1. The fraction of sp³-hybridized carbons (Fsp3) is 0.273. The molecule has 0 N–H and O–H groups in total. The van der Waals surface area contributed by atoms with Crippen molar-refractivity contribution in [2.24, 2.45) is 0 Å². The third-order valence-corrected chi connectivity index (χ3v) is 5.57. The Morgan fingerprint density at radius 3 is 2.25 bits per heavy atom. The number of rotatable bonds is 3. The van der Waals surface area contributed by atoms with E-state index in [0.29, 0.717) is 23.7 Å². The molecule has 0 spiro atoms. The highest BCUT2D eigenvalue weighted by atomic mass is 35.5. The average Bonchev–Trinajstić information content (AvgIpc) is 3.03. The van der Waals surface area contributed by atoms with E-state index in [0.717, 1.165) is 35.9 Å². The number of hydrogen-bond acceptors (Lipinski definition) is 3. The van der Waals surface area contributed by atoms with E-state index in [9.17, 15) is 4.79 Å². The number of nitrogens with zero attached hydrogens (tertiary/aromatic N) is 4. The molecule has 2 heterocycles. The summed E-state index contributed by atoms with van der Waals surface area (Å²) in [7, 11) is 0. The first kappa shape index (κ1) is 18.6. The van der Waals surface area contributed by atoms with Gasteiger partial charge in [-0.1, -0.05) is 41.9 Å². The lowest BCUT2D eigenvalue weighted by atomic mass is 10.1. The summed E-state index contributed by atoms with van der Waals surface area (Å²) >= 11 is 6.20. The molecule has 6 heteroatoms. The summed E-state index contributed by atoms with van der Waals surface area (Å²) in [4.78, 5) is 17.0. The van der Waals surface area contributed by atoms with Gasteiger partial charge in [0.25, 0.3) is 5.91 Å². The molecule has 1 saturated heterocycles. The van der Waals surface area contributed by atoms with Gasteiger partial charge in [-0.25, -0.2) is 4.68 Å². The first-order valence-electron chi connectivity index (χ1n) is 9.46. The van der Waals surface area contributed by atoms with Crippen LogP contribution in [0.2, 0.25) is 5.02 Å². The maximum absolute atomic E-state index is 12.8. The van der Waals surface area contributed by atoms with Crippen molar-refractivity contribution in [1.29, 1.82) is 0 Å². The second-order valence-electron chi connectivity index (χ2n) is 7.03. The number of aromatic nitrogens is 2. The first-order chi connectivity index (χ1) is 13.6. The van der Waals surface area contributed by atoms with Crippen LogP contribution in [-0.2, 0) is 0 Å². The topological polar surface area (TPSA) is 41.4 Å². The van der Waals surface area contributed by atoms with Gasteiger partial charge in [-0.05, 0) is 38.1 Å². The molecule has 144 valence electrons. The Hall–Kier alpha value is -2.79. The quantitative estimate of drug-likeness (QED) is 0.671. The van der Waals surface area contributed by atoms with Crippen LogP contribution >= 0.6 is 11.6 Å². The SMILES string of the molecule is Cc1nn(-c2ccccc2)c(C)c1N1CCN(C(=O)c2ccccc2Cl)CC1. The number of amides is 1. The minimum absolute atomic E-state index is 0.00123. The number of anilines is 1. The molecule has 2 aromatic carbocycles. The average molecular weight is 395 g/mol. The molecule has 1 aromatic heterocycles. The van der Waals surface area contributed by atoms with Gasteiger partial charge >= 0.3 is 0 Å². The molecular formula is C22H23ClN4O. The lowest BCUT2D eigenvalue weighted by Gasteiger charge is -2.36. The molecule has 1 amide bonds. The standard InChI is InChI=1S/C22H23ClN4O/c1-16-21(17(2)27(24-16)18-8-4-3-5-9-18)25-12-14-26(15-13-25)22(28)19-10-6-7-11-20(19)23/h3-11H,12-15H2,1-2H3. The van der Waals surface area contributed by atoms with Crippen LogP contribution in [0.3, 0.4) is 0 Å². The lowest BCUT2D eigenvalue weighted by molar-refractivity contribution is 0.0747. The van der Waals surface area contributed by atoms with Crippen LogP contribution in [0.1, 0.15) is 21.7 Å². The number of aryl methyl sites for hydroxylation is 1. The van der Waals surface area contributed by atoms with E-state index < -0.39 is 0 Å². The highest BCUT2D eigenvalue weighted by Crippen LogP contribution is 2.28. The van der Waals surface area contributed by atoms with E-state index in [4.69, 9.17) is 16.7 Å². The fourth-order valence-corrected chi connectivity index (χ4v) is 4.07. The molecule has 0 atom stereocenters. The van der Waals surface area contributed by atoms with E-state index in [2.05, 4.69) is 24.0 Å². The van der Waals surface area contributed by atoms with Gasteiger partial charge in [0.05, 0.1) is 33.3 Å². The number of piperazine rings is 1. The smallest absolute Gasteiger partial charge is 0.255 e. The van der Waals surface area contributed by atoms with Gasteiger partial charge in [0.1, 0.15) is 0 Å². The van der Waals surface area contributed by atoms with Gasteiger partial charge in [0.2, 0.25) is 0 Å². The Labute approximate surface area is 170 Å². The Balaban J connectivity index is 1.51. The van der Waals surface area contributed by atoms with E-state index in [1.165, 1.54) is 0 Å². The van der Waals surface area contributed by atoms with Crippen LogP contribution in [0.4, 0.5) is 5.69 Å². The van der Waals surface area contributed by atoms with Gasteiger partial charge in [0, 0.05) is 26.2 Å². The summed E-state index contributed by atoms with van der Waals surface area (Å²) in [6.07, 6.45) is 0. The third kappa shape index (κ3) is 3.38. The molecule has 1 fully saturated rings. The summed E-state index contributed by atoms with van der Waals surface area (Å²) in [6.45, 7) is 7.03. The van der Waals surface area contributed by atoms with Gasteiger partial charge in [-0.15, -0.1) is 0 Å². The zero-order chi connectivity index (χ0) is 19.7. The Morgan fingerprint density at radius 2 is 1.57 bits per heavy atom. The second-order valence-corrected chi connectivity index (χ2v) is 7.43. The third-order valence-electron chi connectivity index (χ3n) is 5.24. The predicted molar refractivity (Wildman–Crippen MR) is 113 cm³/mol. The van der Waals surface area contributed by atoms with Gasteiger partial charge in [0.15, 0.2) is 0 Å². The maximum atomic E-state index is 12.8. The fourth-order valence-electron chi connectivity index (χ4n) is 3.85. The van der Waals surface area contributed by atoms with Crippen LogP contribution in [0.5, 0.6) is 0 Å². The van der Waals surface area contributed by atoms with Crippen molar-refractivity contribution >= 4 is 23.2 Å². The molecule has 1 aliphatic rings. The molecule has 0 radical (unpaired) electrons. The number of para-hydroxylation sites is 1. The van der Waals surface area contributed by atoms with Crippen molar-refractivity contribution < 1.29 is 4.79 Å². The first-order valence-corrected chi connectivity index (χ1v) is 9.84. The molecule has 3 aromatic rings. The normalized spacial score (nSPS) is 14.4. The molecule has 0 saturated carbocycles. The molecule has 1 aliphatic heterocycles. The summed E-state index contributed by atoms with van der Waals surface area (Å²) in [5.41, 5.74) is 4.92. The Kier molecular flexibility index (Phi) is 5.09. The number of carbonyl (C=O) groups excluding carboxylic acids is 1. The minimum Gasteiger partial charge on any atom is -0.365 e. The molecular weight excluding hydrogens is 372 g/mol. The van der Waals surface area contributed by atoms with E-state index in [1.54, 1.807) is 12.1 Å². The predicted octanol–water partition coefficient (Wildman–Crippen LogP) is 4.10. The van der Waals surface area contributed by atoms with Crippen molar-refractivity contribution in [3.05, 3.63) is 76.6 Å². The van der Waals surface area contributed by atoms with E-state index >= 15 is 0 Å². The van der Waals surface area contributed by atoms with Gasteiger partial charge in [-0.2, -0.15) is 5.10 Å². The molecule has 0 unspecified atom stereocenters. The summed E-state index contributed by atoms with van der Waals surface area (Å²) in [5, 5.41) is 5.25. The second kappa shape index (κ2) is 7.68. The highest BCUT2D eigenvalue weighted by molar-refractivity contribution is 6.33. The molecule has 0 aliphatic carbocycles. The molecule has 0 bridgehead atoms. The Bertz CT molecular complexity index is 991. The van der Waals surface area contributed by atoms with E-state index in [-0.39, 0.29) is 5.91 Å². The van der Waals surface area contributed by atoms with Gasteiger partial charge in [-0.3, -0.25) is 4.79 Å². The van der Waals surface area contributed by atoms with Crippen LogP contribution in [0, 0.1) is 13.8 Å². The zero-order valence-corrected chi connectivity index (χ0v) is 16.9. The largest absolute Gasteiger partial charge is 0.365 e. The number of carbonyl (C=O) groups is 1. The minimum atomic E-state index is -0.00123. The highest BCUT2D eigenvalue weighted by Gasteiger charge is 2.26. The van der Waals surface area contributed by atoms with Crippen LogP contribution in [0.25, 0.3) is 5.69 Å². The number of hydrogen-bond donors (Lipinski definition) is 0. The summed E-state index contributed by atoms with van der Waals surface area (Å²) in [5.74, 6) is -0.00123. The van der Waals surface area contributed by atoms with Crippen molar-refractivity contribution in [2.45, 2.75) is 13.8 Å². The van der Waals surface area contributed by atoms with E-state index in [1.807, 2.05) is 46.8 Å². The number of benzene rings is 2. The van der Waals surface area contributed by atoms with Crippen molar-refractivity contribution in [3.8, 4) is 5.69 Å². The molecule has 4 rings (SSSR count). The Morgan fingerprint density at radius 1 is 0.929 bits per heavy atom. The van der Waals surface area contributed by atoms with Crippen LogP contribution in [-0.4, -0.2) is 46.8 Å². The maximum Gasteiger partial charge on any atom is 0.255 e. The monoisotopic (exact) mass is 394 g/mol. The van der Waals surface area contributed by atoms with Crippen LogP contribution in [0.15, 0.2) is 54.6 Å². The zero-order valence-electron chi connectivity index (χ0n) is 16.1. The summed E-state index contributed by atoms with van der Waals surface area (Å²) < 4.78 is 1.99. The summed E-state index contributed by atoms with van der Waals surface area (Å²) in [6, 6.07) is 17.4. The van der Waals surface area contributed by atoms with Crippen molar-refractivity contribution in [3.63, 3.8) is 0 Å². The van der Waals surface area contributed by atoms with Crippen LogP contribution < -0.4 is 4.90 Å². The lowest BCUT2D eigenvalue weighted by Crippen LogP contribution is -2.49.